The predicted octanol–water partition coefficient (Wildman–Crippen LogP) is 2.09. The fraction of sp³-hybridized carbons (Fsp3) is 0.167. The van der Waals surface area contributed by atoms with Gasteiger partial charge in [0, 0.05) is 11.6 Å². The molecule has 0 amide bonds. The highest BCUT2D eigenvalue weighted by Gasteiger charge is 2.16. The summed E-state index contributed by atoms with van der Waals surface area (Å²) in [5, 5.41) is 22.0. The number of carboxylic acid groups (broad SMARTS) is 1. The van der Waals surface area contributed by atoms with Gasteiger partial charge in [-0.3, -0.25) is 0 Å². The lowest BCUT2D eigenvalue weighted by Crippen LogP contribution is -1.95. The van der Waals surface area contributed by atoms with Crippen molar-refractivity contribution in [3.8, 4) is 11.3 Å². The molecule has 2 aromatic rings. The Morgan fingerprint density at radius 3 is 2.71 bits per heavy atom. The van der Waals surface area contributed by atoms with Crippen LogP contribution in [0.2, 0.25) is 0 Å². The third kappa shape index (κ3) is 2.19. The van der Waals surface area contributed by atoms with E-state index in [0.717, 1.165) is 0 Å². The Kier molecular flexibility index (Phi) is 2.93. The maximum Gasteiger partial charge on any atom is 0.374 e. The molecule has 1 atom stereocenters. The highest BCUT2D eigenvalue weighted by Crippen LogP contribution is 2.27. The Hall–Kier alpha value is -2.14. The molecule has 5 heteroatoms. The largest absolute Gasteiger partial charge is 0.475 e. The summed E-state index contributed by atoms with van der Waals surface area (Å²) in [6.07, 6.45) is -0.656. The Bertz CT molecular complexity index is 545. The number of carbonyl (C=O) groups is 1. The molecule has 1 unspecified atom stereocenters. The van der Waals surface area contributed by atoms with Crippen molar-refractivity contribution in [2.75, 3.05) is 0 Å². The number of rotatable bonds is 3. The van der Waals surface area contributed by atoms with E-state index in [1.807, 2.05) is 0 Å². The van der Waals surface area contributed by atoms with Crippen LogP contribution in [-0.4, -0.2) is 21.3 Å². The highest BCUT2D eigenvalue weighted by atomic mass is 16.5. The summed E-state index contributed by atoms with van der Waals surface area (Å²) in [5.41, 5.74) is 1.75. The van der Waals surface area contributed by atoms with E-state index >= 15 is 0 Å². The molecule has 0 aliphatic heterocycles. The van der Waals surface area contributed by atoms with Gasteiger partial charge in [0.15, 0.2) is 0 Å². The minimum absolute atomic E-state index is 0.222. The molecule has 0 aliphatic carbocycles. The molecule has 88 valence electrons. The fourth-order valence-electron chi connectivity index (χ4n) is 1.60. The first-order chi connectivity index (χ1) is 8.09. The van der Waals surface area contributed by atoms with Crippen LogP contribution in [0.25, 0.3) is 11.3 Å². The number of carboxylic acids is 1. The van der Waals surface area contributed by atoms with Gasteiger partial charge < -0.3 is 14.7 Å². The molecular weight excluding hydrogens is 222 g/mol. The van der Waals surface area contributed by atoms with Gasteiger partial charge in [0.05, 0.1) is 6.10 Å². The Labute approximate surface area is 97.3 Å². The summed E-state index contributed by atoms with van der Waals surface area (Å²) in [5.74, 6) is -1.39. The zero-order chi connectivity index (χ0) is 12.4. The van der Waals surface area contributed by atoms with E-state index in [0.29, 0.717) is 16.8 Å². The number of hydrogen-bond donors (Lipinski definition) is 2. The number of aromatic carboxylic acids is 1. The first-order valence-electron chi connectivity index (χ1n) is 5.07. The molecule has 1 heterocycles. The van der Waals surface area contributed by atoms with Crippen molar-refractivity contribution in [3.63, 3.8) is 0 Å². The highest BCUT2D eigenvalue weighted by molar-refractivity contribution is 5.85. The summed E-state index contributed by atoms with van der Waals surface area (Å²) in [4.78, 5) is 10.7. The maximum atomic E-state index is 10.7. The number of hydrogen-bond acceptors (Lipinski definition) is 4. The van der Waals surface area contributed by atoms with Crippen molar-refractivity contribution >= 4 is 5.97 Å². The minimum Gasteiger partial charge on any atom is -0.475 e. The van der Waals surface area contributed by atoms with Crippen LogP contribution in [-0.2, 0) is 0 Å². The topological polar surface area (TPSA) is 83.6 Å². The molecule has 0 fully saturated rings. The summed E-state index contributed by atoms with van der Waals surface area (Å²) < 4.78 is 4.68. The van der Waals surface area contributed by atoms with Gasteiger partial charge in [-0.25, -0.2) is 4.79 Å². The third-order valence-electron chi connectivity index (χ3n) is 2.41. The Morgan fingerprint density at radius 1 is 1.41 bits per heavy atom. The van der Waals surface area contributed by atoms with E-state index in [4.69, 9.17) is 5.11 Å². The van der Waals surface area contributed by atoms with Crippen LogP contribution in [0.4, 0.5) is 0 Å². The summed E-state index contributed by atoms with van der Waals surface area (Å²) in [7, 11) is 0. The molecule has 0 spiro atoms. The van der Waals surface area contributed by atoms with Gasteiger partial charge in [-0.1, -0.05) is 29.4 Å². The van der Waals surface area contributed by atoms with Crippen molar-refractivity contribution in [1.82, 2.24) is 5.16 Å². The number of benzene rings is 1. The standard InChI is InChI=1S/C12H11NO4/c1-7(14)8-4-2-3-5-9(8)10-6-11(12(15)16)17-13-10/h2-7,14H,1H3,(H,15,16). The van der Waals surface area contributed by atoms with Crippen LogP contribution in [0.3, 0.4) is 0 Å². The van der Waals surface area contributed by atoms with Crippen LogP contribution in [0.15, 0.2) is 34.9 Å². The molecule has 0 saturated heterocycles. The maximum absolute atomic E-state index is 10.7. The smallest absolute Gasteiger partial charge is 0.374 e. The van der Waals surface area contributed by atoms with Crippen molar-refractivity contribution < 1.29 is 19.5 Å². The van der Waals surface area contributed by atoms with Gasteiger partial charge in [-0.05, 0) is 12.5 Å². The van der Waals surface area contributed by atoms with Crippen LogP contribution in [0, 0.1) is 0 Å². The molecule has 1 aromatic carbocycles. The number of aliphatic hydroxyl groups is 1. The first-order valence-corrected chi connectivity index (χ1v) is 5.07. The molecule has 0 bridgehead atoms. The Balaban J connectivity index is 2.48. The molecule has 2 N–H and O–H groups in total. The second-order valence-electron chi connectivity index (χ2n) is 3.64. The summed E-state index contributed by atoms with van der Waals surface area (Å²) in [6, 6.07) is 8.43. The van der Waals surface area contributed by atoms with Crippen molar-refractivity contribution in [2.45, 2.75) is 13.0 Å². The van der Waals surface area contributed by atoms with Gasteiger partial charge in [0.25, 0.3) is 0 Å². The van der Waals surface area contributed by atoms with Gasteiger partial charge in [-0.2, -0.15) is 0 Å². The van der Waals surface area contributed by atoms with Gasteiger partial charge >= 0.3 is 5.97 Å². The monoisotopic (exact) mass is 233 g/mol. The molecule has 5 nitrogen and oxygen atoms in total. The third-order valence-corrected chi connectivity index (χ3v) is 2.41. The van der Waals surface area contributed by atoms with Crippen LogP contribution >= 0.6 is 0 Å². The summed E-state index contributed by atoms with van der Waals surface area (Å²) >= 11 is 0. The quantitative estimate of drug-likeness (QED) is 0.848. The van der Waals surface area contributed by atoms with Crippen molar-refractivity contribution in [1.29, 1.82) is 0 Å². The van der Waals surface area contributed by atoms with Gasteiger partial charge in [0.1, 0.15) is 5.69 Å². The fourth-order valence-corrected chi connectivity index (χ4v) is 1.60. The second kappa shape index (κ2) is 4.39. The van der Waals surface area contributed by atoms with Gasteiger partial charge in [-0.15, -0.1) is 0 Å². The van der Waals surface area contributed by atoms with E-state index < -0.39 is 12.1 Å². The molecule has 17 heavy (non-hydrogen) atoms. The number of aromatic nitrogens is 1. The predicted molar refractivity (Wildman–Crippen MR) is 59.5 cm³/mol. The van der Waals surface area contributed by atoms with Gasteiger partial charge in [0.2, 0.25) is 5.76 Å². The van der Waals surface area contributed by atoms with Crippen LogP contribution in [0.1, 0.15) is 29.1 Å². The molecule has 1 aromatic heterocycles. The van der Waals surface area contributed by atoms with Crippen LogP contribution in [0.5, 0.6) is 0 Å². The van der Waals surface area contributed by atoms with E-state index in [1.165, 1.54) is 6.07 Å². The average molecular weight is 233 g/mol. The van der Waals surface area contributed by atoms with E-state index in [9.17, 15) is 9.90 Å². The molecular formula is C12H11NO4. The minimum atomic E-state index is -1.17. The number of nitrogens with zero attached hydrogens (tertiary/aromatic N) is 1. The lowest BCUT2D eigenvalue weighted by atomic mass is 10.0. The zero-order valence-electron chi connectivity index (χ0n) is 9.12. The second-order valence-corrected chi connectivity index (χ2v) is 3.64. The lowest BCUT2D eigenvalue weighted by Gasteiger charge is -2.08. The van der Waals surface area contributed by atoms with Crippen molar-refractivity contribution in [3.05, 3.63) is 41.7 Å². The SMILES string of the molecule is CC(O)c1ccccc1-c1cc(C(=O)O)on1. The lowest BCUT2D eigenvalue weighted by molar-refractivity contribution is 0.0652. The molecule has 2 rings (SSSR count). The van der Waals surface area contributed by atoms with Crippen LogP contribution < -0.4 is 0 Å². The Morgan fingerprint density at radius 2 is 2.12 bits per heavy atom. The zero-order valence-corrected chi connectivity index (χ0v) is 9.12. The average Bonchev–Trinajstić information content (AvgIpc) is 2.78. The normalized spacial score (nSPS) is 12.4. The van der Waals surface area contributed by atoms with E-state index in [-0.39, 0.29) is 5.76 Å². The summed E-state index contributed by atoms with van der Waals surface area (Å²) in [6.45, 7) is 1.64. The van der Waals surface area contributed by atoms with E-state index in [1.54, 1.807) is 31.2 Å². The van der Waals surface area contributed by atoms with E-state index in [2.05, 4.69) is 9.68 Å². The number of aliphatic hydroxyl groups excluding tert-OH is 1. The molecule has 0 saturated carbocycles. The first kappa shape index (κ1) is 11.3. The molecule has 0 radical (unpaired) electrons. The van der Waals surface area contributed by atoms with Crippen molar-refractivity contribution in [2.24, 2.45) is 0 Å². The molecule has 0 aliphatic rings.